The summed E-state index contributed by atoms with van der Waals surface area (Å²) in [6, 6.07) is 32.7. The molecule has 400 valence electrons. The Labute approximate surface area is 439 Å². The normalized spacial score (nSPS) is 18.2. The molecule has 2 aliphatic heterocycles. The van der Waals surface area contributed by atoms with Crippen LogP contribution in [-0.2, 0) is 37.1 Å². The first-order valence-corrected chi connectivity index (χ1v) is 25.2. The summed E-state index contributed by atoms with van der Waals surface area (Å²) >= 11 is 0. The zero-order valence-corrected chi connectivity index (χ0v) is 42.8. The van der Waals surface area contributed by atoms with E-state index >= 15 is 0 Å². The number of fused-ring (bicyclic) bond motifs is 2. The quantitative estimate of drug-likeness (QED) is 0.0355. The fraction of sp³-hybridized carbons (Fsp3) is 0.357. The number of carbonyl (C=O) groups excluding carboxylic acids is 5. The van der Waals surface area contributed by atoms with Crippen LogP contribution in [0, 0.1) is 35.5 Å². The molecule has 2 fully saturated rings. The number of carboxylic acid groups (broad SMARTS) is 1. The van der Waals surface area contributed by atoms with Gasteiger partial charge in [-0.15, -0.1) is 0 Å². The molecule has 0 radical (unpaired) electrons. The van der Waals surface area contributed by atoms with E-state index in [1.807, 2.05) is 113 Å². The average molecular weight is 1040 g/mol. The van der Waals surface area contributed by atoms with Crippen LogP contribution in [0.25, 0.3) is 21.8 Å². The number of piperidine rings is 2. The molecule has 6 aromatic rings. The Morgan fingerprint density at radius 3 is 1.59 bits per heavy atom. The van der Waals surface area contributed by atoms with Crippen molar-refractivity contribution in [1.29, 1.82) is 0 Å². The van der Waals surface area contributed by atoms with E-state index in [0.29, 0.717) is 31.0 Å². The third-order valence-electron chi connectivity index (χ3n) is 13.3. The van der Waals surface area contributed by atoms with E-state index in [2.05, 4.69) is 20.6 Å². The van der Waals surface area contributed by atoms with Gasteiger partial charge in [0.1, 0.15) is 24.7 Å². The maximum Gasteiger partial charge on any atom is 0.409 e. The lowest BCUT2D eigenvalue weighted by Gasteiger charge is -2.43. The maximum absolute atomic E-state index is 13.3. The summed E-state index contributed by atoms with van der Waals surface area (Å²) in [5.41, 5.74) is 7.85. The Hall–Kier alpha value is -8.36. The first-order valence-electron chi connectivity index (χ1n) is 25.2. The predicted molar refractivity (Wildman–Crippen MR) is 281 cm³/mol. The van der Waals surface area contributed by atoms with Crippen molar-refractivity contribution in [3.05, 3.63) is 133 Å². The van der Waals surface area contributed by atoms with Crippen LogP contribution in [0.5, 0.6) is 11.5 Å². The van der Waals surface area contributed by atoms with Gasteiger partial charge in [-0.25, -0.2) is 20.5 Å². The van der Waals surface area contributed by atoms with Crippen molar-refractivity contribution < 1.29 is 58.5 Å². The minimum atomic E-state index is -1.15. The van der Waals surface area contributed by atoms with Crippen molar-refractivity contribution in [1.82, 2.24) is 30.7 Å². The van der Waals surface area contributed by atoms with E-state index in [0.717, 1.165) is 44.4 Å². The standard InChI is InChI=1S/2C28H32N4O6/c1-18(2)16-38-28(35)32-14-12-21(27(34)31-36)23(15-32)26(33)30-20-9-7-19(8-10-20)17-37-25-11-13-29-24-6-4-3-5-22(24)25;1-17(2)15-23-25(27(34)31-37)21(12-14-32(23)28(35)36)26(33)30-19-9-7-18(8-10-19)16-38-24-11-13-29-22-6-4-3-5-20(22)24/h3-11,13,18,21,23,36H,12,14-17H2,1-2H3,(H,30,33)(H,31,34);3-11,13,17,21,23,25,37H,12,14-16H2,1-2H3,(H,30,33)(H,31,34)(H,35,36)/t21-,23-;21-,23+,25+/m00/s1. The molecular formula is C56H64N8O12. The van der Waals surface area contributed by atoms with Gasteiger partial charge in [0.15, 0.2) is 0 Å². The van der Waals surface area contributed by atoms with Gasteiger partial charge in [-0.1, -0.05) is 76.2 Å². The second-order valence-corrected chi connectivity index (χ2v) is 19.6. The zero-order valence-electron chi connectivity index (χ0n) is 42.8. The van der Waals surface area contributed by atoms with Crippen LogP contribution in [0.1, 0.15) is 58.1 Å². The van der Waals surface area contributed by atoms with E-state index in [-0.39, 0.29) is 50.9 Å². The number of benzene rings is 4. The number of para-hydroxylation sites is 2. The molecule has 7 N–H and O–H groups in total. The SMILES string of the molecule is CC(C)COC(=O)N1CC[C@H](C(=O)NO)[C@@H](C(=O)Nc2ccc(COc3ccnc4ccccc34)cc2)C1.CC(C)C[C@@H]1[C@H](C(=O)NO)[C@@H](C(=O)Nc2ccc(COc3ccnc4ccccc34)cc2)CCN1C(=O)O. The maximum atomic E-state index is 13.3. The number of rotatable bonds is 16. The molecule has 2 aromatic heterocycles. The summed E-state index contributed by atoms with van der Waals surface area (Å²) in [7, 11) is 0. The molecule has 76 heavy (non-hydrogen) atoms. The molecule has 2 aliphatic rings. The Morgan fingerprint density at radius 2 is 1.11 bits per heavy atom. The van der Waals surface area contributed by atoms with E-state index in [9.17, 15) is 39.1 Å². The number of carbonyl (C=O) groups is 6. The van der Waals surface area contributed by atoms with E-state index < -0.39 is 65.5 Å². The van der Waals surface area contributed by atoms with Crippen molar-refractivity contribution in [2.75, 3.05) is 36.9 Å². The fourth-order valence-corrected chi connectivity index (χ4v) is 9.47. The Morgan fingerprint density at radius 1 is 0.605 bits per heavy atom. The van der Waals surface area contributed by atoms with Crippen molar-refractivity contribution >= 4 is 69.0 Å². The lowest BCUT2D eigenvalue weighted by molar-refractivity contribution is -0.144. The summed E-state index contributed by atoms with van der Waals surface area (Å²) in [4.78, 5) is 86.9. The number of hydrogen-bond acceptors (Lipinski definition) is 13. The highest BCUT2D eigenvalue weighted by molar-refractivity contribution is 5.97. The van der Waals surface area contributed by atoms with Gasteiger partial charge in [-0.2, -0.15) is 0 Å². The molecule has 5 atom stereocenters. The molecule has 0 saturated carbocycles. The number of hydroxylamine groups is 2. The lowest BCUT2D eigenvalue weighted by Crippen LogP contribution is -2.58. The summed E-state index contributed by atoms with van der Waals surface area (Å²) in [6.45, 7) is 9.00. The minimum Gasteiger partial charge on any atom is -0.488 e. The Bertz CT molecular complexity index is 2960. The average Bonchev–Trinajstić information content (AvgIpc) is 3.43. The number of anilines is 2. The summed E-state index contributed by atoms with van der Waals surface area (Å²) in [6.07, 6.45) is 2.51. The van der Waals surface area contributed by atoms with E-state index in [4.69, 9.17) is 19.4 Å². The van der Waals surface area contributed by atoms with E-state index in [1.54, 1.807) is 47.6 Å². The lowest BCUT2D eigenvalue weighted by atomic mass is 9.75. The third kappa shape index (κ3) is 14.3. The summed E-state index contributed by atoms with van der Waals surface area (Å²) in [5, 5.41) is 35.7. The number of hydrogen-bond donors (Lipinski definition) is 7. The van der Waals surface area contributed by atoms with Gasteiger partial charge >= 0.3 is 12.2 Å². The minimum absolute atomic E-state index is 0.00661. The van der Waals surface area contributed by atoms with Crippen molar-refractivity contribution in [3.63, 3.8) is 0 Å². The van der Waals surface area contributed by atoms with Gasteiger partial charge in [-0.05, 0) is 103 Å². The fourth-order valence-electron chi connectivity index (χ4n) is 9.47. The topological polar surface area (TPSA) is 271 Å². The molecule has 0 aliphatic carbocycles. The van der Waals surface area contributed by atoms with Gasteiger partial charge in [-0.3, -0.25) is 39.6 Å². The Kier molecular flexibility index (Phi) is 19.1. The smallest absolute Gasteiger partial charge is 0.409 e. The highest BCUT2D eigenvalue weighted by atomic mass is 16.6. The number of nitrogens with one attached hydrogen (secondary N) is 4. The zero-order chi connectivity index (χ0) is 54.3. The molecule has 20 nitrogen and oxygen atoms in total. The van der Waals surface area contributed by atoms with Crippen LogP contribution in [0.15, 0.2) is 122 Å². The van der Waals surface area contributed by atoms with Gasteiger partial charge in [0.05, 0.1) is 41.3 Å². The largest absolute Gasteiger partial charge is 0.488 e. The number of amides is 6. The summed E-state index contributed by atoms with van der Waals surface area (Å²) in [5.74, 6) is -3.99. The number of aromatic nitrogens is 2. The number of ether oxygens (including phenoxy) is 3. The van der Waals surface area contributed by atoms with Gasteiger partial charge in [0, 0.05) is 60.2 Å². The number of nitrogens with zero attached hydrogens (tertiary/aromatic N) is 4. The highest BCUT2D eigenvalue weighted by Gasteiger charge is 2.47. The molecule has 0 unspecified atom stereocenters. The molecule has 8 rings (SSSR count). The Balaban J connectivity index is 0.000000221. The molecule has 4 heterocycles. The van der Waals surface area contributed by atoms with Crippen molar-refractivity contribution in [3.8, 4) is 11.5 Å². The summed E-state index contributed by atoms with van der Waals surface area (Å²) < 4.78 is 17.3. The molecule has 0 bridgehead atoms. The predicted octanol–water partition coefficient (Wildman–Crippen LogP) is 8.28. The second-order valence-electron chi connectivity index (χ2n) is 19.6. The molecule has 2 saturated heterocycles. The van der Waals surface area contributed by atoms with Crippen LogP contribution in [0.3, 0.4) is 0 Å². The van der Waals surface area contributed by atoms with Crippen LogP contribution in [0.4, 0.5) is 21.0 Å². The van der Waals surface area contributed by atoms with Gasteiger partial charge in [0.2, 0.25) is 23.6 Å². The second kappa shape index (κ2) is 26.2. The highest BCUT2D eigenvalue weighted by Crippen LogP contribution is 2.35. The van der Waals surface area contributed by atoms with Crippen LogP contribution in [0.2, 0.25) is 0 Å². The third-order valence-corrected chi connectivity index (χ3v) is 13.3. The molecule has 4 aromatic carbocycles. The first kappa shape index (κ1) is 55.4. The monoisotopic (exact) mass is 1040 g/mol. The number of pyridine rings is 2. The molecule has 0 spiro atoms. The van der Waals surface area contributed by atoms with Gasteiger partial charge < -0.3 is 39.8 Å². The molecule has 6 amide bonds. The van der Waals surface area contributed by atoms with Crippen LogP contribution in [-0.4, -0.2) is 103 Å². The molecule has 20 heteroatoms. The van der Waals surface area contributed by atoms with Crippen molar-refractivity contribution in [2.24, 2.45) is 35.5 Å². The van der Waals surface area contributed by atoms with E-state index in [1.165, 1.54) is 9.80 Å². The number of likely N-dealkylation sites (tertiary alicyclic amines) is 2. The molecular weight excluding hydrogens is 977 g/mol. The van der Waals surface area contributed by atoms with Crippen LogP contribution < -0.4 is 31.1 Å². The van der Waals surface area contributed by atoms with Gasteiger partial charge in [0.25, 0.3) is 0 Å². The first-order chi connectivity index (χ1) is 36.6. The van der Waals surface area contributed by atoms with Crippen LogP contribution >= 0.6 is 0 Å². The van der Waals surface area contributed by atoms with Crippen molar-refractivity contribution in [2.45, 2.75) is 66.2 Å².